The first-order valence-electron chi connectivity index (χ1n) is 9.42. The monoisotopic (exact) mass is 378 g/mol. The molecular weight excluding hydrogens is 356 g/mol. The van der Waals surface area contributed by atoms with Crippen LogP contribution in [0, 0.1) is 11.8 Å². The second-order valence-electron chi connectivity index (χ2n) is 7.43. The van der Waals surface area contributed by atoms with Crippen LogP contribution in [0.1, 0.15) is 39.6 Å². The van der Waals surface area contributed by atoms with Gasteiger partial charge in [0.1, 0.15) is 0 Å². The number of carbonyl (C=O) groups excluding carboxylic acids is 3. The molecule has 0 bridgehead atoms. The average Bonchev–Trinajstić information content (AvgIpc) is 3.30. The average molecular weight is 378 g/mol. The van der Waals surface area contributed by atoms with Crippen molar-refractivity contribution >= 4 is 29.2 Å². The van der Waals surface area contributed by atoms with E-state index in [9.17, 15) is 14.4 Å². The molecule has 2 amide bonds. The number of benzene rings is 2. The molecule has 1 saturated carbocycles. The standard InChI is InChI=1S/C22H22N2O4/c1-13-10-18(13)20(25)23-17-5-3-4-15(12-17)21(26)24-9-8-14-11-16(22(27)28-2)6-7-19(14)24/h3-7,11-13,18H,8-10H2,1-2H3,(H,23,25). The summed E-state index contributed by atoms with van der Waals surface area (Å²) in [6, 6.07) is 12.3. The number of carbonyl (C=O) groups is 3. The highest BCUT2D eigenvalue weighted by atomic mass is 16.5. The normalized spacial score (nSPS) is 19.7. The molecule has 1 aliphatic carbocycles. The van der Waals surface area contributed by atoms with Crippen LogP contribution in [0.25, 0.3) is 0 Å². The highest BCUT2D eigenvalue weighted by molar-refractivity contribution is 6.08. The van der Waals surface area contributed by atoms with Crippen LogP contribution >= 0.6 is 0 Å². The third-order valence-electron chi connectivity index (χ3n) is 5.46. The molecular formula is C22H22N2O4. The van der Waals surface area contributed by atoms with Crippen LogP contribution in [0.5, 0.6) is 0 Å². The zero-order chi connectivity index (χ0) is 19.8. The van der Waals surface area contributed by atoms with Gasteiger partial charge in [0.05, 0.1) is 12.7 Å². The third-order valence-corrected chi connectivity index (χ3v) is 5.46. The van der Waals surface area contributed by atoms with Crippen molar-refractivity contribution in [2.75, 3.05) is 23.9 Å². The largest absolute Gasteiger partial charge is 0.465 e. The lowest BCUT2D eigenvalue weighted by atomic mass is 10.1. The minimum atomic E-state index is -0.388. The lowest BCUT2D eigenvalue weighted by molar-refractivity contribution is -0.117. The summed E-state index contributed by atoms with van der Waals surface area (Å²) in [4.78, 5) is 38.6. The summed E-state index contributed by atoms with van der Waals surface area (Å²) < 4.78 is 4.76. The van der Waals surface area contributed by atoms with Crippen molar-refractivity contribution in [1.29, 1.82) is 0 Å². The zero-order valence-corrected chi connectivity index (χ0v) is 15.9. The number of methoxy groups -OCH3 is 1. The van der Waals surface area contributed by atoms with E-state index in [1.807, 2.05) is 0 Å². The molecule has 1 heterocycles. The number of hydrogen-bond donors (Lipinski definition) is 1. The lowest BCUT2D eigenvalue weighted by Crippen LogP contribution is -2.29. The van der Waals surface area contributed by atoms with Gasteiger partial charge >= 0.3 is 5.97 Å². The minimum absolute atomic E-state index is 0.0129. The van der Waals surface area contributed by atoms with E-state index in [-0.39, 0.29) is 23.7 Å². The quantitative estimate of drug-likeness (QED) is 0.829. The van der Waals surface area contributed by atoms with Gasteiger partial charge in [0.2, 0.25) is 5.91 Å². The van der Waals surface area contributed by atoms with Gasteiger partial charge in [-0.15, -0.1) is 0 Å². The molecule has 0 spiro atoms. The Morgan fingerprint density at radius 2 is 1.89 bits per heavy atom. The number of amides is 2. The van der Waals surface area contributed by atoms with Gasteiger partial charge in [0, 0.05) is 29.4 Å². The van der Waals surface area contributed by atoms with E-state index in [0.717, 1.165) is 17.7 Å². The maximum absolute atomic E-state index is 13.0. The first kappa shape index (κ1) is 18.2. The SMILES string of the molecule is COC(=O)c1ccc2c(c1)CCN2C(=O)c1cccc(NC(=O)C2CC2C)c1. The molecule has 2 aromatic carbocycles. The van der Waals surface area contributed by atoms with Gasteiger partial charge in [0.25, 0.3) is 5.91 Å². The molecule has 2 atom stereocenters. The first-order valence-corrected chi connectivity index (χ1v) is 9.42. The van der Waals surface area contributed by atoms with E-state index in [2.05, 4.69) is 12.2 Å². The van der Waals surface area contributed by atoms with Gasteiger partial charge in [-0.2, -0.15) is 0 Å². The lowest BCUT2D eigenvalue weighted by Gasteiger charge is -2.18. The van der Waals surface area contributed by atoms with E-state index in [0.29, 0.717) is 35.7 Å². The topological polar surface area (TPSA) is 75.7 Å². The Bertz CT molecular complexity index is 969. The Kier molecular flexibility index (Phi) is 4.63. The first-order chi connectivity index (χ1) is 13.5. The smallest absolute Gasteiger partial charge is 0.337 e. The molecule has 2 aliphatic rings. The molecule has 0 aromatic heterocycles. The van der Waals surface area contributed by atoms with Crippen LogP contribution in [-0.2, 0) is 16.0 Å². The fraction of sp³-hybridized carbons (Fsp3) is 0.318. The predicted octanol–water partition coefficient (Wildman–Crippen LogP) is 3.27. The molecule has 1 aliphatic heterocycles. The molecule has 2 aromatic rings. The van der Waals surface area contributed by atoms with Gasteiger partial charge < -0.3 is 15.0 Å². The maximum atomic E-state index is 13.0. The van der Waals surface area contributed by atoms with E-state index >= 15 is 0 Å². The van der Waals surface area contributed by atoms with E-state index in [4.69, 9.17) is 4.74 Å². The second kappa shape index (κ2) is 7.11. The molecule has 4 rings (SSSR count). The van der Waals surface area contributed by atoms with Gasteiger partial charge in [-0.3, -0.25) is 9.59 Å². The molecule has 0 radical (unpaired) electrons. The Balaban J connectivity index is 1.52. The second-order valence-corrected chi connectivity index (χ2v) is 7.43. The summed E-state index contributed by atoms with van der Waals surface area (Å²) in [6.07, 6.45) is 1.60. The highest BCUT2D eigenvalue weighted by Gasteiger charge is 2.39. The van der Waals surface area contributed by atoms with Crippen molar-refractivity contribution in [1.82, 2.24) is 0 Å². The van der Waals surface area contributed by atoms with Gasteiger partial charge in [-0.25, -0.2) is 4.79 Å². The van der Waals surface area contributed by atoms with Gasteiger partial charge in [-0.05, 0) is 60.7 Å². The minimum Gasteiger partial charge on any atom is -0.465 e. The Labute approximate surface area is 163 Å². The van der Waals surface area contributed by atoms with Crippen molar-refractivity contribution in [3.05, 3.63) is 59.2 Å². The summed E-state index contributed by atoms with van der Waals surface area (Å²) in [7, 11) is 1.35. The number of hydrogen-bond acceptors (Lipinski definition) is 4. The molecule has 2 unspecified atom stereocenters. The van der Waals surface area contributed by atoms with Crippen LogP contribution in [0.2, 0.25) is 0 Å². The molecule has 28 heavy (non-hydrogen) atoms. The molecule has 6 nitrogen and oxygen atoms in total. The zero-order valence-electron chi connectivity index (χ0n) is 15.9. The number of ether oxygens (including phenoxy) is 1. The van der Waals surface area contributed by atoms with Crippen molar-refractivity contribution in [3.8, 4) is 0 Å². The number of nitrogens with zero attached hydrogens (tertiary/aromatic N) is 1. The summed E-state index contributed by atoms with van der Waals surface area (Å²) in [6.45, 7) is 2.61. The van der Waals surface area contributed by atoms with Crippen LogP contribution in [0.4, 0.5) is 11.4 Å². The maximum Gasteiger partial charge on any atom is 0.337 e. The number of esters is 1. The molecule has 1 N–H and O–H groups in total. The van der Waals surface area contributed by atoms with E-state index in [1.165, 1.54) is 7.11 Å². The number of anilines is 2. The fourth-order valence-electron chi connectivity index (χ4n) is 3.67. The molecule has 6 heteroatoms. The molecule has 1 fully saturated rings. The Morgan fingerprint density at radius 1 is 1.11 bits per heavy atom. The van der Waals surface area contributed by atoms with Crippen LogP contribution in [0.3, 0.4) is 0 Å². The predicted molar refractivity (Wildman–Crippen MR) is 106 cm³/mol. The van der Waals surface area contributed by atoms with E-state index < -0.39 is 0 Å². The van der Waals surface area contributed by atoms with Crippen LogP contribution in [-0.4, -0.2) is 31.4 Å². The summed E-state index contributed by atoms with van der Waals surface area (Å²) >= 11 is 0. The van der Waals surface area contributed by atoms with Crippen LogP contribution in [0.15, 0.2) is 42.5 Å². The summed E-state index contributed by atoms with van der Waals surface area (Å²) in [5.41, 5.74) is 3.39. The molecule has 0 saturated heterocycles. The molecule has 144 valence electrons. The summed E-state index contributed by atoms with van der Waals surface area (Å²) in [5.74, 6) is 0.00929. The van der Waals surface area contributed by atoms with Crippen molar-refractivity contribution in [2.24, 2.45) is 11.8 Å². The third kappa shape index (κ3) is 3.38. The number of nitrogens with one attached hydrogen (secondary N) is 1. The van der Waals surface area contributed by atoms with Crippen molar-refractivity contribution in [3.63, 3.8) is 0 Å². The van der Waals surface area contributed by atoms with E-state index in [1.54, 1.807) is 47.4 Å². The number of rotatable bonds is 4. The Hall–Kier alpha value is -3.15. The highest BCUT2D eigenvalue weighted by Crippen LogP contribution is 2.38. The van der Waals surface area contributed by atoms with Crippen molar-refractivity contribution < 1.29 is 19.1 Å². The van der Waals surface area contributed by atoms with Crippen LogP contribution < -0.4 is 10.2 Å². The fourth-order valence-corrected chi connectivity index (χ4v) is 3.67. The Morgan fingerprint density at radius 3 is 2.61 bits per heavy atom. The summed E-state index contributed by atoms with van der Waals surface area (Å²) in [5, 5.41) is 2.90. The van der Waals surface area contributed by atoms with Crippen molar-refractivity contribution in [2.45, 2.75) is 19.8 Å². The van der Waals surface area contributed by atoms with Gasteiger partial charge in [-0.1, -0.05) is 13.0 Å². The number of fused-ring (bicyclic) bond motifs is 1. The van der Waals surface area contributed by atoms with Gasteiger partial charge in [0.15, 0.2) is 0 Å².